The molecule has 4 rings (SSSR count). The second-order valence-electron chi connectivity index (χ2n) is 8.07. The molecular formula is C23H25N5O4. The number of aromatic nitrogens is 3. The van der Waals surface area contributed by atoms with Gasteiger partial charge in [-0.2, -0.15) is 0 Å². The molecule has 0 aliphatic heterocycles. The van der Waals surface area contributed by atoms with Gasteiger partial charge in [0.1, 0.15) is 0 Å². The van der Waals surface area contributed by atoms with Crippen LogP contribution in [-0.4, -0.2) is 32.9 Å². The Hall–Kier alpha value is -3.75. The van der Waals surface area contributed by atoms with Crippen LogP contribution in [0.4, 0.5) is 5.69 Å². The van der Waals surface area contributed by atoms with Gasteiger partial charge < -0.3 is 10.6 Å². The largest absolute Gasteiger partial charge is 0.343 e. The highest BCUT2D eigenvalue weighted by atomic mass is 16.2. The predicted octanol–water partition coefficient (Wildman–Crippen LogP) is 1.97. The summed E-state index contributed by atoms with van der Waals surface area (Å²) in [4.78, 5) is 57.1. The molecule has 1 aliphatic carbocycles. The summed E-state index contributed by atoms with van der Waals surface area (Å²) in [5.41, 5.74) is 2.29. The van der Waals surface area contributed by atoms with Crippen LogP contribution in [0, 0.1) is 13.8 Å². The average molecular weight is 435 g/mol. The van der Waals surface area contributed by atoms with Crippen molar-refractivity contribution in [1.82, 2.24) is 19.9 Å². The van der Waals surface area contributed by atoms with Crippen LogP contribution >= 0.6 is 0 Å². The van der Waals surface area contributed by atoms with Crippen LogP contribution in [0.15, 0.2) is 33.9 Å². The molecule has 0 radical (unpaired) electrons. The van der Waals surface area contributed by atoms with E-state index in [4.69, 9.17) is 0 Å². The predicted molar refractivity (Wildman–Crippen MR) is 121 cm³/mol. The fourth-order valence-corrected chi connectivity index (χ4v) is 3.81. The number of rotatable bonds is 6. The number of H-pyrrole nitrogens is 1. The maximum atomic E-state index is 13.0. The van der Waals surface area contributed by atoms with E-state index in [0.717, 1.165) is 24.0 Å². The maximum absolute atomic E-state index is 13.0. The third kappa shape index (κ3) is 4.05. The number of nitrogens with zero attached hydrogens (tertiary/aromatic N) is 2. The number of carbonyl (C=O) groups is 2. The van der Waals surface area contributed by atoms with Gasteiger partial charge in [0, 0.05) is 23.8 Å². The zero-order valence-corrected chi connectivity index (χ0v) is 18.2. The van der Waals surface area contributed by atoms with Gasteiger partial charge in [0.25, 0.3) is 11.5 Å². The third-order valence-corrected chi connectivity index (χ3v) is 5.68. The highest BCUT2D eigenvalue weighted by Crippen LogP contribution is 2.39. The van der Waals surface area contributed by atoms with Crippen molar-refractivity contribution in [3.63, 3.8) is 0 Å². The van der Waals surface area contributed by atoms with Crippen LogP contribution in [0.1, 0.15) is 52.9 Å². The molecule has 3 aromatic rings. The first-order chi connectivity index (χ1) is 15.3. The van der Waals surface area contributed by atoms with E-state index >= 15 is 0 Å². The molecule has 166 valence electrons. The van der Waals surface area contributed by atoms with E-state index in [1.165, 1.54) is 4.57 Å². The monoisotopic (exact) mass is 435 g/mol. The van der Waals surface area contributed by atoms with Crippen molar-refractivity contribution in [3.8, 4) is 0 Å². The highest BCUT2D eigenvalue weighted by molar-refractivity contribution is 6.07. The number of anilines is 1. The fraction of sp³-hybridized carbons (Fsp3) is 0.348. The lowest BCUT2D eigenvalue weighted by atomic mass is 10.1. The molecule has 2 aromatic heterocycles. The highest BCUT2D eigenvalue weighted by Gasteiger charge is 2.28. The minimum atomic E-state index is -0.672. The normalized spacial score (nSPS) is 13.2. The Morgan fingerprint density at radius 1 is 1.19 bits per heavy atom. The van der Waals surface area contributed by atoms with Gasteiger partial charge in [-0.15, -0.1) is 0 Å². The molecule has 1 saturated carbocycles. The molecule has 2 amide bonds. The molecule has 3 N–H and O–H groups in total. The molecule has 1 aliphatic rings. The van der Waals surface area contributed by atoms with Crippen molar-refractivity contribution in [2.24, 2.45) is 0 Å². The van der Waals surface area contributed by atoms with E-state index in [9.17, 15) is 19.2 Å². The van der Waals surface area contributed by atoms with Crippen molar-refractivity contribution >= 4 is 28.5 Å². The van der Waals surface area contributed by atoms with E-state index in [1.54, 1.807) is 13.0 Å². The number of aryl methyl sites for hydroxylation is 3. The lowest BCUT2D eigenvalue weighted by Gasteiger charge is -2.14. The molecule has 32 heavy (non-hydrogen) atoms. The van der Waals surface area contributed by atoms with E-state index in [1.807, 2.05) is 32.0 Å². The summed E-state index contributed by atoms with van der Waals surface area (Å²) in [6.07, 6.45) is 1.88. The van der Waals surface area contributed by atoms with Crippen LogP contribution in [0.3, 0.4) is 0 Å². The minimum absolute atomic E-state index is 0.0449. The topological polar surface area (TPSA) is 126 Å². The first-order valence-electron chi connectivity index (χ1n) is 10.6. The first kappa shape index (κ1) is 21.5. The van der Waals surface area contributed by atoms with Crippen molar-refractivity contribution in [2.75, 3.05) is 11.9 Å². The van der Waals surface area contributed by atoms with Crippen molar-refractivity contribution < 1.29 is 9.59 Å². The van der Waals surface area contributed by atoms with E-state index in [-0.39, 0.29) is 35.0 Å². The smallest absolute Gasteiger partial charge is 0.329 e. The van der Waals surface area contributed by atoms with Crippen molar-refractivity contribution in [2.45, 2.75) is 46.1 Å². The number of pyridine rings is 1. The van der Waals surface area contributed by atoms with Gasteiger partial charge in [-0.1, -0.05) is 18.2 Å². The zero-order chi connectivity index (χ0) is 23.0. The van der Waals surface area contributed by atoms with Gasteiger partial charge >= 0.3 is 5.69 Å². The molecule has 0 saturated heterocycles. The Kier molecular flexibility index (Phi) is 5.65. The summed E-state index contributed by atoms with van der Waals surface area (Å²) in [6.45, 7) is 5.59. The van der Waals surface area contributed by atoms with Gasteiger partial charge in [0.15, 0.2) is 5.65 Å². The molecule has 0 bridgehead atoms. The number of aromatic amines is 1. The Morgan fingerprint density at radius 2 is 1.88 bits per heavy atom. The molecule has 9 heteroatoms. The molecule has 2 heterocycles. The number of fused-ring (bicyclic) bond motifs is 1. The third-order valence-electron chi connectivity index (χ3n) is 5.68. The second kappa shape index (κ2) is 8.41. The van der Waals surface area contributed by atoms with E-state index in [2.05, 4.69) is 20.6 Å². The second-order valence-corrected chi connectivity index (χ2v) is 8.07. The number of hydrogen-bond acceptors (Lipinski definition) is 5. The first-order valence-corrected chi connectivity index (χ1v) is 10.6. The molecule has 0 unspecified atom stereocenters. The van der Waals surface area contributed by atoms with Crippen LogP contribution in [0.2, 0.25) is 0 Å². The quantitative estimate of drug-likeness (QED) is 0.546. The summed E-state index contributed by atoms with van der Waals surface area (Å²) in [5, 5.41) is 5.46. The summed E-state index contributed by atoms with van der Waals surface area (Å²) in [7, 11) is 0. The number of amides is 2. The van der Waals surface area contributed by atoms with Crippen LogP contribution < -0.4 is 21.9 Å². The number of para-hydroxylation sites is 1. The standard InChI is InChI=1S/C23H25N5O4/c1-4-28-20-18(22(31)27-23(28)32)15(10-16(25-20)14-8-9-14)21(30)24-11-17(29)26-19-12(2)6-5-7-13(19)3/h5-7,10,14H,4,8-9,11H2,1-3H3,(H,24,30)(H,26,29)(H,27,31,32). The van der Waals surface area contributed by atoms with Crippen LogP contribution in [0.25, 0.3) is 11.0 Å². The van der Waals surface area contributed by atoms with Crippen LogP contribution in [-0.2, 0) is 11.3 Å². The Bertz CT molecular complexity index is 1330. The maximum Gasteiger partial charge on any atom is 0.329 e. The molecule has 0 atom stereocenters. The molecule has 0 spiro atoms. The molecule has 9 nitrogen and oxygen atoms in total. The summed E-state index contributed by atoms with van der Waals surface area (Å²) in [5.74, 6) is -0.739. The number of carbonyl (C=O) groups excluding carboxylic acids is 2. The van der Waals surface area contributed by atoms with Crippen molar-refractivity contribution in [1.29, 1.82) is 0 Å². The van der Waals surface area contributed by atoms with Gasteiger partial charge in [-0.05, 0) is 50.8 Å². The van der Waals surface area contributed by atoms with Gasteiger partial charge in [-0.25, -0.2) is 9.78 Å². The molecule has 1 aromatic carbocycles. The van der Waals surface area contributed by atoms with Gasteiger partial charge in [-0.3, -0.25) is 23.9 Å². The number of benzene rings is 1. The summed E-state index contributed by atoms with van der Waals surface area (Å²) in [6, 6.07) is 7.28. The lowest BCUT2D eigenvalue weighted by Crippen LogP contribution is -2.36. The summed E-state index contributed by atoms with van der Waals surface area (Å²) >= 11 is 0. The Labute approximate surface area is 183 Å². The zero-order valence-electron chi connectivity index (χ0n) is 18.2. The Balaban J connectivity index is 1.64. The van der Waals surface area contributed by atoms with E-state index < -0.39 is 17.2 Å². The van der Waals surface area contributed by atoms with E-state index in [0.29, 0.717) is 17.9 Å². The summed E-state index contributed by atoms with van der Waals surface area (Å²) < 4.78 is 1.34. The fourth-order valence-electron chi connectivity index (χ4n) is 3.81. The number of nitrogens with one attached hydrogen (secondary N) is 3. The SMILES string of the molecule is CCn1c(=O)[nH]c(=O)c2c(C(=O)NCC(=O)Nc3c(C)cccc3C)cc(C3CC3)nc21. The minimum Gasteiger partial charge on any atom is -0.343 e. The van der Waals surface area contributed by atoms with Gasteiger partial charge in [0.2, 0.25) is 5.91 Å². The molecular weight excluding hydrogens is 410 g/mol. The Morgan fingerprint density at radius 3 is 2.50 bits per heavy atom. The average Bonchev–Trinajstić information content (AvgIpc) is 3.59. The lowest BCUT2D eigenvalue weighted by molar-refractivity contribution is -0.115. The number of hydrogen-bond donors (Lipinski definition) is 3. The van der Waals surface area contributed by atoms with Gasteiger partial charge in [0.05, 0.1) is 17.5 Å². The molecule has 1 fully saturated rings. The van der Waals surface area contributed by atoms with Crippen molar-refractivity contribution in [3.05, 3.63) is 67.5 Å². The van der Waals surface area contributed by atoms with Crippen LogP contribution in [0.5, 0.6) is 0 Å².